The number of aromatic nitrogens is 2. The van der Waals surface area contributed by atoms with Crippen molar-refractivity contribution < 1.29 is 14.7 Å². The molecule has 0 spiro atoms. The van der Waals surface area contributed by atoms with Crippen LogP contribution in [0.5, 0.6) is 0 Å². The van der Waals surface area contributed by atoms with Crippen LogP contribution in [0.25, 0.3) is 22.0 Å². The highest BCUT2D eigenvalue weighted by atomic mass is 16.4. The first-order chi connectivity index (χ1) is 10.1. The number of hydrogen-bond acceptors (Lipinski definition) is 3. The Labute approximate surface area is 120 Å². The highest BCUT2D eigenvalue weighted by molar-refractivity contribution is 6.02. The Morgan fingerprint density at radius 1 is 1.19 bits per heavy atom. The Morgan fingerprint density at radius 3 is 2.71 bits per heavy atom. The van der Waals surface area contributed by atoms with Gasteiger partial charge in [-0.05, 0) is 23.8 Å². The molecule has 0 fully saturated rings. The van der Waals surface area contributed by atoms with Gasteiger partial charge in [0.2, 0.25) is 0 Å². The Kier molecular flexibility index (Phi) is 3.02. The van der Waals surface area contributed by atoms with Crippen molar-refractivity contribution in [3.63, 3.8) is 0 Å². The molecule has 3 aromatic rings. The van der Waals surface area contributed by atoms with Gasteiger partial charge in [0.05, 0.1) is 23.0 Å². The molecule has 3 rings (SSSR count). The Balaban J connectivity index is 2.22. The Hall–Kier alpha value is -2.95. The number of carbonyl (C=O) groups is 2. The summed E-state index contributed by atoms with van der Waals surface area (Å²) < 4.78 is 0. The summed E-state index contributed by atoms with van der Waals surface area (Å²) in [7, 11) is 0. The van der Waals surface area contributed by atoms with Gasteiger partial charge in [-0.3, -0.25) is 9.78 Å². The average Bonchev–Trinajstić information content (AvgIpc) is 2.91. The summed E-state index contributed by atoms with van der Waals surface area (Å²) in [5.74, 6) is -1.04. The summed E-state index contributed by atoms with van der Waals surface area (Å²) in [6.07, 6.45) is 3.31. The number of fused-ring (bicyclic) bond motifs is 1. The van der Waals surface area contributed by atoms with Gasteiger partial charge in [0, 0.05) is 24.1 Å². The minimum atomic E-state index is -0.976. The number of carboxylic acids is 1. The fourth-order valence-corrected chi connectivity index (χ4v) is 2.29. The molecule has 5 heteroatoms. The number of hydrogen-bond donors (Lipinski definition) is 2. The maximum Gasteiger partial charge on any atom is 0.335 e. The largest absolute Gasteiger partial charge is 0.478 e. The molecule has 2 aromatic heterocycles. The van der Waals surface area contributed by atoms with Crippen molar-refractivity contribution >= 4 is 22.7 Å². The number of carbonyl (C=O) groups excluding carboxylic acids is 1. The van der Waals surface area contributed by atoms with E-state index in [9.17, 15) is 9.59 Å². The molecule has 0 aliphatic rings. The van der Waals surface area contributed by atoms with Crippen LogP contribution in [0.15, 0.2) is 42.7 Å². The van der Waals surface area contributed by atoms with E-state index in [4.69, 9.17) is 5.11 Å². The predicted molar refractivity (Wildman–Crippen MR) is 78.5 cm³/mol. The predicted octanol–water partition coefficient (Wildman–Crippen LogP) is 3.13. The topological polar surface area (TPSA) is 83.1 Å². The van der Waals surface area contributed by atoms with E-state index >= 15 is 0 Å². The molecular weight excluding hydrogens is 268 g/mol. The van der Waals surface area contributed by atoms with Crippen LogP contribution in [0, 0.1) is 0 Å². The monoisotopic (exact) mass is 280 g/mol. The van der Waals surface area contributed by atoms with Gasteiger partial charge >= 0.3 is 5.97 Å². The number of aromatic carboxylic acids is 1. The van der Waals surface area contributed by atoms with E-state index in [-0.39, 0.29) is 11.3 Å². The number of nitrogens with zero attached hydrogens (tertiary/aromatic N) is 1. The fraction of sp³-hybridized carbons (Fsp3) is 0.0625. The summed E-state index contributed by atoms with van der Waals surface area (Å²) in [5.41, 5.74) is 3.01. The molecule has 0 amide bonds. The maximum atomic E-state index is 11.5. The van der Waals surface area contributed by atoms with Gasteiger partial charge in [0.25, 0.3) is 0 Å². The lowest BCUT2D eigenvalue weighted by atomic mass is 10.0. The molecule has 0 atom stereocenters. The lowest BCUT2D eigenvalue weighted by Crippen LogP contribution is -1.95. The van der Waals surface area contributed by atoms with E-state index in [0.29, 0.717) is 5.69 Å². The Morgan fingerprint density at radius 2 is 2.00 bits per heavy atom. The smallest absolute Gasteiger partial charge is 0.335 e. The van der Waals surface area contributed by atoms with Gasteiger partial charge in [-0.15, -0.1) is 0 Å². The number of carboxylic acid groups (broad SMARTS) is 1. The van der Waals surface area contributed by atoms with E-state index < -0.39 is 5.97 Å². The molecular formula is C16H12N2O3. The van der Waals surface area contributed by atoms with Crippen LogP contribution in [-0.4, -0.2) is 26.8 Å². The van der Waals surface area contributed by atoms with Crippen LogP contribution in [0.3, 0.4) is 0 Å². The normalized spacial score (nSPS) is 10.7. The summed E-state index contributed by atoms with van der Waals surface area (Å²) >= 11 is 0. The third-order valence-corrected chi connectivity index (χ3v) is 3.35. The van der Waals surface area contributed by atoms with Crippen LogP contribution in [0.1, 0.15) is 27.8 Å². The van der Waals surface area contributed by atoms with Crippen molar-refractivity contribution in [3.05, 3.63) is 54.0 Å². The number of benzene rings is 1. The summed E-state index contributed by atoms with van der Waals surface area (Å²) in [6, 6.07) is 8.42. The molecule has 0 saturated heterocycles. The summed E-state index contributed by atoms with van der Waals surface area (Å²) in [6.45, 7) is 1.49. The second kappa shape index (κ2) is 4.86. The minimum Gasteiger partial charge on any atom is -0.478 e. The van der Waals surface area contributed by atoms with Crippen LogP contribution in [0.4, 0.5) is 0 Å². The van der Waals surface area contributed by atoms with E-state index in [1.807, 2.05) is 6.07 Å². The molecule has 0 radical (unpaired) electrons. The zero-order valence-corrected chi connectivity index (χ0v) is 11.3. The minimum absolute atomic E-state index is 0.0589. The number of H-pyrrole nitrogens is 1. The first-order valence-electron chi connectivity index (χ1n) is 6.37. The number of nitrogens with one attached hydrogen (secondary N) is 1. The zero-order valence-electron chi connectivity index (χ0n) is 11.3. The zero-order chi connectivity index (χ0) is 15.0. The van der Waals surface area contributed by atoms with Gasteiger partial charge in [-0.25, -0.2) is 4.79 Å². The van der Waals surface area contributed by atoms with E-state index in [1.165, 1.54) is 13.0 Å². The van der Waals surface area contributed by atoms with E-state index in [2.05, 4.69) is 9.97 Å². The van der Waals surface area contributed by atoms with Crippen molar-refractivity contribution in [1.29, 1.82) is 0 Å². The van der Waals surface area contributed by atoms with Gasteiger partial charge in [0.1, 0.15) is 0 Å². The number of ketones is 1. The lowest BCUT2D eigenvalue weighted by molar-refractivity contribution is 0.0696. The molecule has 0 aliphatic heterocycles. The molecule has 0 bridgehead atoms. The lowest BCUT2D eigenvalue weighted by Gasteiger charge is -2.04. The maximum absolute atomic E-state index is 11.5. The van der Waals surface area contributed by atoms with Crippen molar-refractivity contribution in [1.82, 2.24) is 9.97 Å². The van der Waals surface area contributed by atoms with Crippen molar-refractivity contribution in [2.75, 3.05) is 0 Å². The molecule has 0 aliphatic carbocycles. The molecule has 0 unspecified atom stereocenters. The number of Topliss-reactive ketones (excluding diaryl/α,β-unsaturated/α-hetero) is 1. The highest BCUT2D eigenvalue weighted by Gasteiger charge is 2.11. The second-order valence-corrected chi connectivity index (χ2v) is 4.77. The molecule has 21 heavy (non-hydrogen) atoms. The van der Waals surface area contributed by atoms with Crippen LogP contribution in [0.2, 0.25) is 0 Å². The van der Waals surface area contributed by atoms with Gasteiger partial charge < -0.3 is 10.1 Å². The quantitative estimate of drug-likeness (QED) is 0.722. The number of rotatable bonds is 3. The van der Waals surface area contributed by atoms with Crippen molar-refractivity contribution in [2.45, 2.75) is 6.92 Å². The van der Waals surface area contributed by atoms with Gasteiger partial charge in [0.15, 0.2) is 5.78 Å². The van der Waals surface area contributed by atoms with Gasteiger partial charge in [-0.2, -0.15) is 0 Å². The number of pyridine rings is 1. The third kappa shape index (κ3) is 2.29. The van der Waals surface area contributed by atoms with E-state index in [1.54, 1.807) is 30.6 Å². The molecule has 1 aromatic carbocycles. The molecule has 104 valence electrons. The van der Waals surface area contributed by atoms with Crippen molar-refractivity contribution in [3.8, 4) is 11.1 Å². The fourth-order valence-electron chi connectivity index (χ4n) is 2.29. The molecule has 5 nitrogen and oxygen atoms in total. The molecule has 2 N–H and O–H groups in total. The van der Waals surface area contributed by atoms with Crippen molar-refractivity contribution in [2.24, 2.45) is 0 Å². The van der Waals surface area contributed by atoms with Crippen LogP contribution in [-0.2, 0) is 0 Å². The second-order valence-electron chi connectivity index (χ2n) is 4.77. The first-order valence-corrected chi connectivity index (χ1v) is 6.37. The Bertz CT molecular complexity index is 865. The molecule has 2 heterocycles. The van der Waals surface area contributed by atoms with Crippen LogP contribution >= 0.6 is 0 Å². The average molecular weight is 280 g/mol. The number of aromatic amines is 1. The molecule has 0 saturated carbocycles. The van der Waals surface area contributed by atoms with Gasteiger partial charge in [-0.1, -0.05) is 12.1 Å². The highest BCUT2D eigenvalue weighted by Crippen LogP contribution is 2.29. The first kappa shape index (κ1) is 13.1. The third-order valence-electron chi connectivity index (χ3n) is 3.35. The van der Waals surface area contributed by atoms with Crippen LogP contribution < -0.4 is 0 Å². The van der Waals surface area contributed by atoms with E-state index in [0.717, 1.165) is 22.0 Å². The summed E-state index contributed by atoms with van der Waals surface area (Å²) in [4.78, 5) is 29.7. The summed E-state index contributed by atoms with van der Waals surface area (Å²) in [5, 5.41) is 9.93. The SMILES string of the molecule is CC(=O)c1cc2c(-c3cccc(C(=O)O)c3)cncc2[nH]1. The standard InChI is InChI=1S/C16H12N2O3/c1-9(19)14-6-12-13(7-17-8-15(12)18-14)10-3-2-4-11(5-10)16(20)21/h2-8,18H,1H3,(H,20,21).